The number of halogens is 1. The zero-order valence-corrected chi connectivity index (χ0v) is 13.8. The van der Waals surface area contributed by atoms with Crippen molar-refractivity contribution in [2.75, 3.05) is 29.1 Å². The van der Waals surface area contributed by atoms with Crippen LogP contribution >= 0.6 is 11.6 Å². The quantitative estimate of drug-likeness (QED) is 0.701. The van der Waals surface area contributed by atoms with E-state index >= 15 is 0 Å². The Morgan fingerprint density at radius 3 is 2.61 bits per heavy atom. The number of aromatic nitrogens is 2. The van der Waals surface area contributed by atoms with Gasteiger partial charge in [0.15, 0.2) is 11.6 Å². The Hall–Kier alpha value is -2.54. The molecule has 0 aliphatic carbocycles. The predicted molar refractivity (Wildman–Crippen MR) is 92.5 cm³/mol. The zero-order valence-electron chi connectivity index (χ0n) is 13.0. The Bertz CT molecular complexity index is 689. The number of anilines is 3. The predicted octanol–water partition coefficient (Wildman–Crippen LogP) is 2.32. The average Bonchev–Trinajstić information content (AvgIpc) is 2.56. The molecule has 122 valence electrons. The van der Waals surface area contributed by atoms with Gasteiger partial charge < -0.3 is 10.6 Å². The van der Waals surface area contributed by atoms with Gasteiger partial charge in [-0.05, 0) is 26.0 Å². The molecule has 1 amide bonds. The second kappa shape index (κ2) is 7.64. The van der Waals surface area contributed by atoms with Gasteiger partial charge in [-0.1, -0.05) is 23.7 Å². The lowest BCUT2D eigenvalue weighted by molar-refractivity contribution is 0.0962. The number of nitrogens with one attached hydrogen (secondary N) is 2. The molecule has 4 N–H and O–H groups in total. The van der Waals surface area contributed by atoms with Crippen LogP contribution in [0.2, 0.25) is 5.02 Å². The Kier molecular flexibility index (Phi) is 5.59. The number of carbonyl (C=O) groups is 1. The summed E-state index contributed by atoms with van der Waals surface area (Å²) in [6, 6.07) is 6.77. The van der Waals surface area contributed by atoms with Gasteiger partial charge in [-0.25, -0.2) is 9.97 Å². The van der Waals surface area contributed by atoms with Crippen molar-refractivity contribution >= 4 is 34.8 Å². The first kappa shape index (κ1) is 16.8. The number of hydrogen-bond donors (Lipinski definition) is 3. The third-order valence-corrected chi connectivity index (χ3v) is 3.67. The van der Waals surface area contributed by atoms with Crippen molar-refractivity contribution in [3.05, 3.63) is 41.2 Å². The van der Waals surface area contributed by atoms with E-state index in [1.54, 1.807) is 24.3 Å². The van der Waals surface area contributed by atoms with E-state index in [1.807, 2.05) is 18.7 Å². The third-order valence-electron chi connectivity index (χ3n) is 3.34. The molecule has 8 heteroatoms. The van der Waals surface area contributed by atoms with Gasteiger partial charge >= 0.3 is 0 Å². The Balaban J connectivity index is 2.14. The van der Waals surface area contributed by atoms with Crippen LogP contribution in [0.25, 0.3) is 0 Å². The fourth-order valence-electron chi connectivity index (χ4n) is 2.09. The summed E-state index contributed by atoms with van der Waals surface area (Å²) in [7, 11) is 0. The van der Waals surface area contributed by atoms with Crippen LogP contribution < -0.4 is 21.5 Å². The van der Waals surface area contributed by atoms with Crippen molar-refractivity contribution in [1.82, 2.24) is 15.4 Å². The molecule has 0 atom stereocenters. The topological polar surface area (TPSA) is 96.2 Å². The van der Waals surface area contributed by atoms with E-state index in [2.05, 4.69) is 20.8 Å². The highest BCUT2D eigenvalue weighted by Crippen LogP contribution is 2.25. The van der Waals surface area contributed by atoms with Gasteiger partial charge in [0.2, 0.25) is 0 Å². The maximum atomic E-state index is 12.1. The monoisotopic (exact) mass is 334 g/mol. The lowest BCUT2D eigenvalue weighted by Crippen LogP contribution is -2.31. The molecule has 23 heavy (non-hydrogen) atoms. The van der Waals surface area contributed by atoms with E-state index in [-0.39, 0.29) is 5.91 Å². The summed E-state index contributed by atoms with van der Waals surface area (Å²) in [5.41, 5.74) is 12.1. The minimum Gasteiger partial charge on any atom is -0.393 e. The molecule has 7 nitrogen and oxygen atoms in total. The van der Waals surface area contributed by atoms with Crippen molar-refractivity contribution in [2.24, 2.45) is 0 Å². The number of benzene rings is 1. The summed E-state index contributed by atoms with van der Waals surface area (Å²) in [4.78, 5) is 22.4. The molecule has 0 aliphatic rings. The summed E-state index contributed by atoms with van der Waals surface area (Å²) in [5, 5.41) is 0.367. The van der Waals surface area contributed by atoms with E-state index in [0.29, 0.717) is 27.9 Å². The normalized spacial score (nSPS) is 10.2. The molecule has 0 radical (unpaired) electrons. The minimum atomic E-state index is -0.377. The molecule has 2 rings (SSSR count). The average molecular weight is 335 g/mol. The van der Waals surface area contributed by atoms with Crippen LogP contribution in [0.15, 0.2) is 30.6 Å². The molecule has 0 saturated heterocycles. The van der Waals surface area contributed by atoms with E-state index < -0.39 is 0 Å². The van der Waals surface area contributed by atoms with Crippen LogP contribution in [-0.4, -0.2) is 29.0 Å². The number of nitrogens with zero attached hydrogens (tertiary/aromatic N) is 3. The van der Waals surface area contributed by atoms with Gasteiger partial charge in [0, 0.05) is 13.1 Å². The van der Waals surface area contributed by atoms with E-state index in [9.17, 15) is 4.79 Å². The highest BCUT2D eigenvalue weighted by atomic mass is 35.5. The summed E-state index contributed by atoms with van der Waals surface area (Å²) in [6.07, 6.45) is 1.40. The van der Waals surface area contributed by atoms with Crippen molar-refractivity contribution < 1.29 is 4.79 Å². The van der Waals surface area contributed by atoms with E-state index in [1.165, 1.54) is 6.33 Å². The smallest absolute Gasteiger partial charge is 0.271 e. The molecule has 0 spiro atoms. The van der Waals surface area contributed by atoms with Gasteiger partial charge in [0.1, 0.15) is 12.0 Å². The molecule has 2 aromatic rings. The maximum absolute atomic E-state index is 12.1. The van der Waals surface area contributed by atoms with Gasteiger partial charge in [-0.3, -0.25) is 15.6 Å². The van der Waals surface area contributed by atoms with Crippen molar-refractivity contribution in [1.29, 1.82) is 0 Å². The van der Waals surface area contributed by atoms with Crippen molar-refractivity contribution in [2.45, 2.75) is 13.8 Å². The second-order valence-corrected chi connectivity index (χ2v) is 5.10. The van der Waals surface area contributed by atoms with Crippen LogP contribution in [0.1, 0.15) is 24.2 Å². The number of amides is 1. The summed E-state index contributed by atoms with van der Waals surface area (Å²) in [6.45, 7) is 5.56. The summed E-state index contributed by atoms with van der Waals surface area (Å²) >= 11 is 5.99. The number of carbonyl (C=O) groups excluding carboxylic acids is 1. The molecule has 1 aromatic heterocycles. The first-order chi connectivity index (χ1) is 11.1. The molecular formula is C15H19ClN6O. The van der Waals surface area contributed by atoms with Crippen LogP contribution in [0.3, 0.4) is 0 Å². The number of hydrazine groups is 1. The van der Waals surface area contributed by atoms with Crippen LogP contribution in [0, 0.1) is 0 Å². The lowest BCUT2D eigenvalue weighted by atomic mass is 10.2. The van der Waals surface area contributed by atoms with E-state index in [0.717, 1.165) is 13.1 Å². The second-order valence-electron chi connectivity index (χ2n) is 4.69. The minimum absolute atomic E-state index is 0.335. The molecule has 0 fully saturated rings. The molecule has 0 unspecified atom stereocenters. The molecule has 0 aliphatic heterocycles. The van der Waals surface area contributed by atoms with Gasteiger partial charge in [0.05, 0.1) is 10.6 Å². The first-order valence-electron chi connectivity index (χ1n) is 7.24. The van der Waals surface area contributed by atoms with Crippen LogP contribution in [-0.2, 0) is 0 Å². The van der Waals surface area contributed by atoms with Gasteiger partial charge in [-0.2, -0.15) is 0 Å². The van der Waals surface area contributed by atoms with Crippen LogP contribution in [0.5, 0.6) is 0 Å². The van der Waals surface area contributed by atoms with Gasteiger partial charge in [-0.15, -0.1) is 0 Å². The third kappa shape index (κ3) is 3.81. The van der Waals surface area contributed by atoms with Crippen LogP contribution in [0.4, 0.5) is 17.3 Å². The van der Waals surface area contributed by atoms with Crippen molar-refractivity contribution in [3.63, 3.8) is 0 Å². The number of nitrogens with two attached hydrogens (primary N) is 1. The number of rotatable bonds is 6. The maximum Gasteiger partial charge on any atom is 0.271 e. The number of hydrogen-bond acceptors (Lipinski definition) is 6. The molecule has 1 aromatic carbocycles. The Morgan fingerprint density at radius 2 is 1.96 bits per heavy atom. The SMILES string of the molecule is CCN(CC)c1ncnc(NNC(=O)c2ccccc2Cl)c1N. The summed E-state index contributed by atoms with van der Waals surface area (Å²) in [5.74, 6) is 0.583. The van der Waals surface area contributed by atoms with Crippen molar-refractivity contribution in [3.8, 4) is 0 Å². The Morgan fingerprint density at radius 1 is 1.26 bits per heavy atom. The van der Waals surface area contributed by atoms with Gasteiger partial charge in [0.25, 0.3) is 5.91 Å². The fourth-order valence-corrected chi connectivity index (χ4v) is 2.31. The zero-order chi connectivity index (χ0) is 16.8. The number of nitrogen functional groups attached to an aromatic ring is 1. The first-order valence-corrected chi connectivity index (χ1v) is 7.62. The molecule has 0 bridgehead atoms. The molecular weight excluding hydrogens is 316 g/mol. The van der Waals surface area contributed by atoms with E-state index in [4.69, 9.17) is 17.3 Å². The Labute approximate surface area is 139 Å². The highest BCUT2D eigenvalue weighted by molar-refractivity contribution is 6.33. The fraction of sp³-hybridized carbons (Fsp3) is 0.267. The summed E-state index contributed by atoms with van der Waals surface area (Å²) < 4.78 is 0. The highest BCUT2D eigenvalue weighted by Gasteiger charge is 2.14. The molecule has 1 heterocycles. The lowest BCUT2D eigenvalue weighted by Gasteiger charge is -2.22. The molecule has 0 saturated carbocycles. The largest absolute Gasteiger partial charge is 0.393 e. The standard InChI is InChI=1S/C15H19ClN6O/c1-3-22(4-2)14-12(17)13(18-9-19-14)20-21-15(23)10-7-5-6-8-11(10)16/h5-9H,3-4,17H2,1-2H3,(H,21,23)(H,18,19,20).